The number of phenols is 1. The second kappa shape index (κ2) is 4.33. The summed E-state index contributed by atoms with van der Waals surface area (Å²) in [6.07, 6.45) is 0. The Hall–Kier alpha value is -1.87. The van der Waals surface area contributed by atoms with Gasteiger partial charge in [0.2, 0.25) is 0 Å². The van der Waals surface area contributed by atoms with Gasteiger partial charge in [0.25, 0.3) is 0 Å². The molecule has 2 aromatic rings. The zero-order valence-corrected chi connectivity index (χ0v) is 8.52. The van der Waals surface area contributed by atoms with E-state index in [4.69, 9.17) is 5.11 Å². The van der Waals surface area contributed by atoms with E-state index in [1.807, 2.05) is 6.07 Å². The summed E-state index contributed by atoms with van der Waals surface area (Å²) in [5.41, 5.74) is 1.15. The zero-order valence-electron chi connectivity index (χ0n) is 8.52. The van der Waals surface area contributed by atoms with Gasteiger partial charge in [-0.3, -0.25) is 0 Å². The van der Waals surface area contributed by atoms with Crippen LogP contribution in [-0.4, -0.2) is 10.2 Å². The Labute approximate surface area is 92.6 Å². The summed E-state index contributed by atoms with van der Waals surface area (Å²) < 4.78 is 13.4. The number of benzene rings is 2. The first-order valence-electron chi connectivity index (χ1n) is 4.90. The molecule has 16 heavy (non-hydrogen) atoms. The molecule has 0 saturated carbocycles. The summed E-state index contributed by atoms with van der Waals surface area (Å²) >= 11 is 0. The van der Waals surface area contributed by atoms with Crippen LogP contribution >= 0.6 is 0 Å². The van der Waals surface area contributed by atoms with E-state index in [1.165, 1.54) is 6.07 Å². The van der Waals surface area contributed by atoms with Crippen molar-refractivity contribution in [1.29, 1.82) is 0 Å². The first kappa shape index (κ1) is 10.6. The molecule has 0 fully saturated rings. The standard InChI is InChI=1S/C13H11FO2/c14-11-6-7-12(16)13(10(11)8-15)9-4-2-1-3-5-9/h1-7,15-16H,8H2. The molecule has 2 rings (SSSR count). The van der Waals surface area contributed by atoms with Crippen LogP contribution in [0.15, 0.2) is 42.5 Å². The number of aliphatic hydroxyl groups excluding tert-OH is 1. The fourth-order valence-corrected chi connectivity index (χ4v) is 1.69. The van der Waals surface area contributed by atoms with E-state index in [1.54, 1.807) is 24.3 Å². The van der Waals surface area contributed by atoms with Crippen molar-refractivity contribution >= 4 is 0 Å². The van der Waals surface area contributed by atoms with Gasteiger partial charge < -0.3 is 10.2 Å². The molecule has 2 N–H and O–H groups in total. The number of hydrogen-bond donors (Lipinski definition) is 2. The van der Waals surface area contributed by atoms with Gasteiger partial charge in [0.05, 0.1) is 6.61 Å². The lowest BCUT2D eigenvalue weighted by Gasteiger charge is -2.10. The molecule has 2 aromatic carbocycles. The number of hydrogen-bond acceptors (Lipinski definition) is 2. The normalized spacial score (nSPS) is 10.4. The lowest BCUT2D eigenvalue weighted by Crippen LogP contribution is -1.94. The summed E-state index contributed by atoms with van der Waals surface area (Å²) in [5.74, 6) is -0.546. The van der Waals surface area contributed by atoms with Crippen molar-refractivity contribution in [3.8, 4) is 16.9 Å². The van der Waals surface area contributed by atoms with Crippen molar-refractivity contribution in [2.75, 3.05) is 0 Å². The van der Waals surface area contributed by atoms with E-state index in [0.717, 1.165) is 6.07 Å². The molecule has 0 aromatic heterocycles. The van der Waals surface area contributed by atoms with Crippen molar-refractivity contribution in [2.24, 2.45) is 0 Å². The third kappa shape index (κ3) is 1.77. The van der Waals surface area contributed by atoms with Gasteiger partial charge in [-0.1, -0.05) is 30.3 Å². The molecule has 0 heterocycles. The summed E-state index contributed by atoms with van der Waals surface area (Å²) in [6.45, 7) is -0.440. The molecule has 0 unspecified atom stereocenters. The predicted molar refractivity (Wildman–Crippen MR) is 59.4 cm³/mol. The molecular formula is C13H11FO2. The van der Waals surface area contributed by atoms with Crippen LogP contribution in [0.25, 0.3) is 11.1 Å². The number of phenolic OH excluding ortho intramolecular Hbond substituents is 1. The quantitative estimate of drug-likeness (QED) is 0.813. The number of halogens is 1. The summed E-state index contributed by atoms with van der Waals surface area (Å²) in [6, 6.07) is 11.4. The Morgan fingerprint density at radius 2 is 1.69 bits per heavy atom. The maximum Gasteiger partial charge on any atom is 0.129 e. The topological polar surface area (TPSA) is 40.5 Å². The lowest BCUT2D eigenvalue weighted by atomic mass is 9.98. The van der Waals surface area contributed by atoms with Gasteiger partial charge in [0.15, 0.2) is 0 Å². The number of aliphatic hydroxyl groups is 1. The highest BCUT2D eigenvalue weighted by atomic mass is 19.1. The largest absolute Gasteiger partial charge is 0.507 e. The van der Waals surface area contributed by atoms with Crippen molar-refractivity contribution in [3.63, 3.8) is 0 Å². The lowest BCUT2D eigenvalue weighted by molar-refractivity contribution is 0.275. The predicted octanol–water partition coefficient (Wildman–Crippen LogP) is 2.69. The van der Waals surface area contributed by atoms with E-state index < -0.39 is 12.4 Å². The van der Waals surface area contributed by atoms with E-state index in [9.17, 15) is 9.50 Å². The molecule has 0 atom stereocenters. The average molecular weight is 218 g/mol. The smallest absolute Gasteiger partial charge is 0.129 e. The minimum atomic E-state index is -0.515. The van der Waals surface area contributed by atoms with Crippen molar-refractivity contribution in [2.45, 2.75) is 6.61 Å². The van der Waals surface area contributed by atoms with Gasteiger partial charge in [-0.05, 0) is 17.7 Å². The highest BCUT2D eigenvalue weighted by Gasteiger charge is 2.13. The van der Waals surface area contributed by atoms with Gasteiger partial charge >= 0.3 is 0 Å². The van der Waals surface area contributed by atoms with Crippen LogP contribution in [0.1, 0.15) is 5.56 Å². The Kier molecular flexibility index (Phi) is 2.88. The Bertz CT molecular complexity index is 495. The van der Waals surface area contributed by atoms with Crippen molar-refractivity contribution in [3.05, 3.63) is 53.8 Å². The fourth-order valence-electron chi connectivity index (χ4n) is 1.69. The molecule has 0 aliphatic heterocycles. The SMILES string of the molecule is OCc1c(F)ccc(O)c1-c1ccccc1. The Morgan fingerprint density at radius 3 is 2.31 bits per heavy atom. The molecule has 2 nitrogen and oxygen atoms in total. The molecule has 0 bridgehead atoms. The van der Waals surface area contributed by atoms with Gasteiger partial charge in [-0.15, -0.1) is 0 Å². The van der Waals surface area contributed by atoms with Crippen LogP contribution in [0.3, 0.4) is 0 Å². The van der Waals surface area contributed by atoms with Crippen LogP contribution in [0, 0.1) is 5.82 Å². The average Bonchev–Trinajstić information content (AvgIpc) is 2.33. The van der Waals surface area contributed by atoms with Gasteiger partial charge in [0, 0.05) is 11.1 Å². The molecule has 0 aliphatic rings. The van der Waals surface area contributed by atoms with Crippen LogP contribution < -0.4 is 0 Å². The molecule has 0 aliphatic carbocycles. The molecule has 82 valence electrons. The van der Waals surface area contributed by atoms with Crippen molar-refractivity contribution < 1.29 is 14.6 Å². The second-order valence-electron chi connectivity index (χ2n) is 3.44. The first-order chi connectivity index (χ1) is 7.74. The van der Waals surface area contributed by atoms with E-state index in [0.29, 0.717) is 11.1 Å². The molecule has 3 heteroatoms. The zero-order chi connectivity index (χ0) is 11.5. The minimum absolute atomic E-state index is 0.0309. The van der Waals surface area contributed by atoms with Gasteiger partial charge in [-0.2, -0.15) is 0 Å². The van der Waals surface area contributed by atoms with Gasteiger partial charge in [0.1, 0.15) is 11.6 Å². The molecular weight excluding hydrogens is 207 g/mol. The van der Waals surface area contributed by atoms with E-state index in [2.05, 4.69) is 0 Å². The highest BCUT2D eigenvalue weighted by Crippen LogP contribution is 2.33. The summed E-state index contributed by atoms with van der Waals surface area (Å²) in [5, 5.41) is 18.9. The van der Waals surface area contributed by atoms with Crippen LogP contribution in [-0.2, 0) is 6.61 Å². The monoisotopic (exact) mass is 218 g/mol. The van der Waals surface area contributed by atoms with E-state index >= 15 is 0 Å². The second-order valence-corrected chi connectivity index (χ2v) is 3.44. The fraction of sp³-hybridized carbons (Fsp3) is 0.0769. The van der Waals surface area contributed by atoms with Crippen LogP contribution in [0.4, 0.5) is 4.39 Å². The maximum absolute atomic E-state index is 13.4. The molecule has 0 radical (unpaired) electrons. The molecule has 0 saturated heterocycles. The summed E-state index contributed by atoms with van der Waals surface area (Å²) in [4.78, 5) is 0. The third-order valence-electron chi connectivity index (χ3n) is 2.45. The Balaban J connectivity index is 2.68. The first-order valence-corrected chi connectivity index (χ1v) is 4.90. The molecule has 0 amide bonds. The van der Waals surface area contributed by atoms with Crippen LogP contribution in [0.5, 0.6) is 5.75 Å². The summed E-state index contributed by atoms with van der Waals surface area (Å²) in [7, 11) is 0. The number of aromatic hydroxyl groups is 1. The van der Waals surface area contributed by atoms with Crippen LogP contribution in [0.2, 0.25) is 0 Å². The highest BCUT2D eigenvalue weighted by molar-refractivity contribution is 5.73. The van der Waals surface area contributed by atoms with Crippen molar-refractivity contribution in [1.82, 2.24) is 0 Å². The third-order valence-corrected chi connectivity index (χ3v) is 2.45. The Morgan fingerprint density at radius 1 is 1.00 bits per heavy atom. The van der Waals surface area contributed by atoms with Gasteiger partial charge in [-0.25, -0.2) is 4.39 Å². The maximum atomic E-state index is 13.4. The minimum Gasteiger partial charge on any atom is -0.507 e. The molecule has 0 spiro atoms. The van der Waals surface area contributed by atoms with E-state index in [-0.39, 0.29) is 11.3 Å². The number of rotatable bonds is 2.